The minimum absolute atomic E-state index is 0.184. The van der Waals surface area contributed by atoms with E-state index < -0.39 is 39.6 Å². The van der Waals surface area contributed by atoms with Crippen molar-refractivity contribution in [1.82, 2.24) is 4.98 Å². The van der Waals surface area contributed by atoms with Crippen molar-refractivity contribution < 1.29 is 27.9 Å². The Kier molecular flexibility index (Phi) is 11.2. The minimum atomic E-state index is -5.01. The minimum Gasteiger partial charge on any atom is -0.476 e. The number of thiazole rings is 1. The van der Waals surface area contributed by atoms with Gasteiger partial charge in [0.1, 0.15) is 16.1 Å². The molecule has 6 aromatic carbocycles. The zero-order valence-electron chi connectivity index (χ0n) is 30.4. The van der Waals surface area contributed by atoms with Crippen molar-refractivity contribution in [1.29, 1.82) is 0 Å². The number of carboxylic acid groups (broad SMARTS) is 1. The highest BCUT2D eigenvalue weighted by molar-refractivity contribution is 7.16. The summed E-state index contributed by atoms with van der Waals surface area (Å²) in [5, 5.41) is 18.0. The molecule has 0 radical (unpaired) electrons. The number of carboxylic acids is 1. The third-order valence-corrected chi connectivity index (χ3v) is 10.6. The first-order valence-electron chi connectivity index (χ1n) is 18.0. The van der Waals surface area contributed by atoms with Crippen molar-refractivity contribution in [2.75, 3.05) is 5.32 Å². The van der Waals surface area contributed by atoms with E-state index in [9.17, 15) is 9.90 Å². The van der Waals surface area contributed by atoms with Gasteiger partial charge in [0.05, 0.1) is 0 Å². The third-order valence-electron chi connectivity index (χ3n) is 9.62. The van der Waals surface area contributed by atoms with E-state index in [0.29, 0.717) is 34.4 Å². The number of aliphatic carboxylic acids is 1. The molecule has 7 rings (SSSR count). The van der Waals surface area contributed by atoms with Gasteiger partial charge in [-0.25, -0.2) is 9.78 Å². The van der Waals surface area contributed by atoms with Crippen LogP contribution >= 0.6 is 11.3 Å². The first-order valence-corrected chi connectivity index (χ1v) is 18.8. The molecule has 0 saturated heterocycles. The lowest BCUT2D eigenvalue weighted by atomic mass is 9.77. The molecule has 0 aliphatic carbocycles. The molecular formula is C47H36F3N3O3S. The summed E-state index contributed by atoms with van der Waals surface area (Å²) >= 11 is 0.297. The van der Waals surface area contributed by atoms with Gasteiger partial charge in [-0.05, 0) is 28.7 Å². The number of alkyl halides is 3. The zero-order valence-corrected chi connectivity index (χ0v) is 31.3. The standard InChI is InChI=1S/C47H36F3N3O3S/c1-2-20-33-21-18-19-32-39(33)46(37-28-14-6-15-29-37,38-30-16-7-17-31-38)56-53-41(43(54)55)40-42(47(48,49)50)57-44(51-40)52-45(34-22-8-3-9-23-34,35-24-10-4-11-25-35)36-26-12-5-13-27-36/h2-19,21-32H,1,20H2,(H,51,52)(H,54,55). The van der Waals surface area contributed by atoms with Crippen molar-refractivity contribution in [3.63, 3.8) is 0 Å². The molecule has 1 heterocycles. The summed E-state index contributed by atoms with van der Waals surface area (Å²) in [6.45, 7) is 3.91. The zero-order chi connectivity index (χ0) is 39.9. The molecule has 2 N–H and O–H groups in total. The summed E-state index contributed by atoms with van der Waals surface area (Å²) in [7, 11) is 0. The van der Waals surface area contributed by atoms with Crippen LogP contribution in [0.25, 0.3) is 0 Å². The molecule has 6 nitrogen and oxygen atoms in total. The number of allylic oxidation sites excluding steroid dienone is 1. The van der Waals surface area contributed by atoms with E-state index in [1.54, 1.807) is 54.6 Å². The third kappa shape index (κ3) is 7.59. The molecule has 0 atom stereocenters. The SMILES string of the molecule is C=CCc1ccccc1C(ON=C(C(=O)O)c1nc(NC(c2ccccc2)(c2ccccc2)c2ccccc2)sc1C(F)(F)F)(c1ccccc1)c1ccccc1. The van der Waals surface area contributed by atoms with Crippen LogP contribution in [-0.4, -0.2) is 21.8 Å². The summed E-state index contributed by atoms with van der Waals surface area (Å²) in [6, 6.07) is 53.3. The molecule has 0 aliphatic rings. The Morgan fingerprint density at radius 1 is 0.684 bits per heavy atom. The van der Waals surface area contributed by atoms with E-state index in [0.717, 1.165) is 22.3 Å². The van der Waals surface area contributed by atoms with Crippen LogP contribution in [0.3, 0.4) is 0 Å². The first kappa shape index (κ1) is 38.5. The van der Waals surface area contributed by atoms with E-state index >= 15 is 13.2 Å². The summed E-state index contributed by atoms with van der Waals surface area (Å²) in [6.07, 6.45) is -2.86. The molecule has 7 aromatic rings. The fraction of sp³-hybridized carbons (Fsp3) is 0.0851. The highest BCUT2D eigenvalue weighted by Crippen LogP contribution is 2.46. The van der Waals surface area contributed by atoms with Gasteiger partial charge in [-0.1, -0.05) is 198 Å². The first-order chi connectivity index (χ1) is 27.7. The van der Waals surface area contributed by atoms with Crippen LogP contribution in [0.2, 0.25) is 0 Å². The normalized spacial score (nSPS) is 12.2. The van der Waals surface area contributed by atoms with Gasteiger partial charge < -0.3 is 15.3 Å². The summed E-state index contributed by atoms with van der Waals surface area (Å²) < 4.78 is 45.4. The summed E-state index contributed by atoms with van der Waals surface area (Å²) in [5.41, 5.74) is -0.0784. The highest BCUT2D eigenvalue weighted by Gasteiger charge is 2.45. The number of nitrogens with one attached hydrogen (secondary N) is 1. The number of oxime groups is 1. The molecule has 0 saturated carbocycles. The molecule has 57 heavy (non-hydrogen) atoms. The molecule has 0 unspecified atom stereocenters. The van der Waals surface area contributed by atoms with Crippen molar-refractivity contribution in [3.8, 4) is 0 Å². The van der Waals surface area contributed by atoms with Crippen LogP contribution in [-0.2, 0) is 33.4 Å². The number of aromatic nitrogens is 1. The monoisotopic (exact) mass is 779 g/mol. The molecule has 284 valence electrons. The molecule has 0 fully saturated rings. The molecule has 0 aliphatic heterocycles. The number of hydrogen-bond donors (Lipinski definition) is 2. The number of nitrogens with zero attached hydrogens (tertiary/aromatic N) is 2. The van der Waals surface area contributed by atoms with Crippen LogP contribution in [0.1, 0.15) is 49.5 Å². The molecule has 1 aromatic heterocycles. The van der Waals surface area contributed by atoms with E-state index in [1.165, 1.54) is 0 Å². The lowest BCUT2D eigenvalue weighted by Gasteiger charge is -2.36. The van der Waals surface area contributed by atoms with Gasteiger partial charge in [0.15, 0.2) is 5.13 Å². The van der Waals surface area contributed by atoms with Crippen LogP contribution in [0.5, 0.6) is 0 Å². The lowest BCUT2D eigenvalue weighted by Crippen LogP contribution is -2.38. The van der Waals surface area contributed by atoms with Gasteiger partial charge in [0.25, 0.3) is 0 Å². The quantitative estimate of drug-likeness (QED) is 0.0497. The van der Waals surface area contributed by atoms with Crippen LogP contribution in [0, 0.1) is 0 Å². The van der Waals surface area contributed by atoms with Gasteiger partial charge in [-0.15, -0.1) is 6.58 Å². The van der Waals surface area contributed by atoms with E-state index in [2.05, 4.69) is 22.0 Å². The van der Waals surface area contributed by atoms with Gasteiger partial charge in [0, 0.05) is 16.7 Å². The largest absolute Gasteiger partial charge is 0.476 e. The maximum atomic E-state index is 15.1. The Labute approximate surface area is 332 Å². The Hall–Kier alpha value is -6.78. The van der Waals surface area contributed by atoms with Crippen LogP contribution in [0.4, 0.5) is 18.3 Å². The topological polar surface area (TPSA) is 83.8 Å². The second-order valence-electron chi connectivity index (χ2n) is 13.1. The van der Waals surface area contributed by atoms with Crippen LogP contribution < -0.4 is 5.32 Å². The second-order valence-corrected chi connectivity index (χ2v) is 14.1. The lowest BCUT2D eigenvalue weighted by molar-refractivity contribution is -0.134. The maximum absolute atomic E-state index is 15.1. The van der Waals surface area contributed by atoms with Crippen molar-refractivity contribution in [2.24, 2.45) is 5.16 Å². The van der Waals surface area contributed by atoms with Crippen molar-refractivity contribution in [2.45, 2.75) is 23.7 Å². The van der Waals surface area contributed by atoms with Crippen molar-refractivity contribution >= 4 is 28.1 Å². The summed E-state index contributed by atoms with van der Waals surface area (Å²) in [5.74, 6) is -1.76. The molecule has 0 amide bonds. The number of halogens is 3. The average Bonchev–Trinajstić information content (AvgIpc) is 3.67. The number of benzene rings is 6. The molecular weight excluding hydrogens is 744 g/mol. The van der Waals surface area contributed by atoms with E-state index in [1.807, 2.05) is 127 Å². The van der Waals surface area contributed by atoms with Crippen molar-refractivity contribution in [3.05, 3.63) is 238 Å². The number of rotatable bonds is 14. The van der Waals surface area contributed by atoms with Gasteiger partial charge in [0.2, 0.25) is 11.3 Å². The second kappa shape index (κ2) is 16.5. The maximum Gasteiger partial charge on any atom is 0.427 e. The van der Waals surface area contributed by atoms with Gasteiger partial charge in [-0.2, -0.15) is 13.2 Å². The molecule has 10 heteroatoms. The Morgan fingerprint density at radius 3 is 1.53 bits per heavy atom. The number of hydrogen-bond acceptors (Lipinski definition) is 6. The predicted octanol–water partition coefficient (Wildman–Crippen LogP) is 11.1. The van der Waals surface area contributed by atoms with E-state index in [-0.39, 0.29) is 5.13 Å². The predicted molar refractivity (Wildman–Crippen MR) is 218 cm³/mol. The Bertz CT molecular complexity index is 2340. The smallest absolute Gasteiger partial charge is 0.427 e. The van der Waals surface area contributed by atoms with Crippen LogP contribution in [0.15, 0.2) is 194 Å². The number of carbonyl (C=O) groups is 1. The van der Waals surface area contributed by atoms with Gasteiger partial charge in [-0.3, -0.25) is 0 Å². The molecule has 0 spiro atoms. The molecule has 0 bridgehead atoms. The Morgan fingerprint density at radius 2 is 1.11 bits per heavy atom. The Balaban J connectivity index is 1.45. The fourth-order valence-corrected chi connectivity index (χ4v) is 8.03. The van der Waals surface area contributed by atoms with Gasteiger partial charge >= 0.3 is 12.1 Å². The summed E-state index contributed by atoms with van der Waals surface area (Å²) in [4.78, 5) is 22.8. The highest BCUT2D eigenvalue weighted by atomic mass is 32.1. The fourth-order valence-electron chi connectivity index (χ4n) is 7.14. The number of anilines is 1. The van der Waals surface area contributed by atoms with E-state index in [4.69, 9.17) is 4.84 Å². The average molecular weight is 780 g/mol.